The average Bonchev–Trinajstić information content (AvgIpc) is 3.13. The quantitative estimate of drug-likeness (QED) is 0.623. The van der Waals surface area contributed by atoms with Crippen LogP contribution in [0.3, 0.4) is 0 Å². The summed E-state index contributed by atoms with van der Waals surface area (Å²) in [7, 11) is 0. The molecule has 5 heteroatoms. The summed E-state index contributed by atoms with van der Waals surface area (Å²) in [5.74, 6) is 0.714. The topological polar surface area (TPSA) is 71.3 Å². The van der Waals surface area contributed by atoms with E-state index in [4.69, 9.17) is 4.42 Å². The van der Waals surface area contributed by atoms with Crippen molar-refractivity contribution in [1.29, 1.82) is 0 Å². The molecule has 5 nitrogen and oxygen atoms in total. The Bertz CT molecular complexity index is 847. The molecule has 0 fully saturated rings. The normalized spacial score (nSPS) is 12.2. The Kier molecular flexibility index (Phi) is 4.79. The second-order valence-electron chi connectivity index (χ2n) is 5.91. The number of anilines is 2. The summed E-state index contributed by atoms with van der Waals surface area (Å²) in [6.07, 6.45) is 3.37. The molecule has 0 aliphatic rings. The molecule has 0 aliphatic carbocycles. The van der Waals surface area contributed by atoms with E-state index in [1.54, 1.807) is 12.3 Å². The van der Waals surface area contributed by atoms with Crippen molar-refractivity contribution in [2.75, 3.05) is 10.6 Å². The van der Waals surface area contributed by atoms with Gasteiger partial charge in [0.15, 0.2) is 0 Å². The van der Waals surface area contributed by atoms with Gasteiger partial charge >= 0.3 is 0 Å². The highest BCUT2D eigenvalue weighted by atomic mass is 16.3. The minimum Gasteiger partial charge on any atom is -0.467 e. The van der Waals surface area contributed by atoms with Gasteiger partial charge in [-0.25, -0.2) is 0 Å². The van der Waals surface area contributed by atoms with Gasteiger partial charge in [-0.3, -0.25) is 9.59 Å². The second-order valence-corrected chi connectivity index (χ2v) is 5.91. The standard InChI is InChI=1S/C19H20N2O3/c1-13(9-10-14-6-3-2-4-7-14)21-17-16(18(22)19(17)23)20-12-15-8-5-11-24-15/h2-8,11,13,20-21H,9-10,12H2,1H3/t13-/m1/s1. The Balaban J connectivity index is 1.57. The Morgan fingerprint density at radius 2 is 1.75 bits per heavy atom. The van der Waals surface area contributed by atoms with Gasteiger partial charge in [0.25, 0.3) is 10.9 Å². The summed E-state index contributed by atoms with van der Waals surface area (Å²) >= 11 is 0. The van der Waals surface area contributed by atoms with Crippen molar-refractivity contribution in [2.45, 2.75) is 32.4 Å². The zero-order valence-electron chi connectivity index (χ0n) is 13.5. The predicted molar refractivity (Wildman–Crippen MR) is 95.2 cm³/mol. The molecule has 0 aliphatic heterocycles. The number of nitrogens with one attached hydrogen (secondary N) is 2. The molecule has 3 rings (SSSR count). The lowest BCUT2D eigenvalue weighted by molar-refractivity contribution is 0.518. The van der Waals surface area contributed by atoms with Gasteiger partial charge in [0.2, 0.25) is 0 Å². The lowest BCUT2D eigenvalue weighted by atomic mass is 10.1. The first kappa shape index (κ1) is 16.1. The molecule has 1 atom stereocenters. The number of aryl methyl sites for hydroxylation is 1. The van der Waals surface area contributed by atoms with Crippen LogP contribution in [-0.4, -0.2) is 6.04 Å². The summed E-state index contributed by atoms with van der Waals surface area (Å²) in [5, 5.41) is 6.15. The summed E-state index contributed by atoms with van der Waals surface area (Å²) in [6, 6.07) is 13.9. The third-order valence-electron chi connectivity index (χ3n) is 4.03. The molecule has 124 valence electrons. The lowest BCUT2D eigenvalue weighted by Crippen LogP contribution is -2.39. The zero-order chi connectivity index (χ0) is 16.9. The molecule has 0 saturated carbocycles. The SMILES string of the molecule is C[C@H](CCc1ccccc1)Nc1c(NCc2ccco2)c(=O)c1=O. The van der Waals surface area contributed by atoms with Crippen molar-refractivity contribution in [3.63, 3.8) is 0 Å². The minimum atomic E-state index is -0.473. The van der Waals surface area contributed by atoms with Gasteiger partial charge in [-0.1, -0.05) is 30.3 Å². The predicted octanol–water partition coefficient (Wildman–Crippen LogP) is 2.92. The highest BCUT2D eigenvalue weighted by molar-refractivity contribution is 5.74. The molecule has 1 aromatic heterocycles. The van der Waals surface area contributed by atoms with Crippen LogP contribution in [-0.2, 0) is 13.0 Å². The fourth-order valence-electron chi connectivity index (χ4n) is 2.63. The van der Waals surface area contributed by atoms with E-state index >= 15 is 0 Å². The smallest absolute Gasteiger partial charge is 0.253 e. The van der Waals surface area contributed by atoms with E-state index in [0.717, 1.165) is 12.8 Å². The minimum absolute atomic E-state index is 0.0951. The van der Waals surface area contributed by atoms with Crippen LogP contribution >= 0.6 is 0 Å². The number of hydrogen-bond donors (Lipinski definition) is 2. The van der Waals surface area contributed by atoms with Crippen molar-refractivity contribution in [3.8, 4) is 0 Å². The molecule has 0 amide bonds. The van der Waals surface area contributed by atoms with Crippen LogP contribution in [0.5, 0.6) is 0 Å². The maximum absolute atomic E-state index is 11.8. The molecule has 0 radical (unpaired) electrons. The highest BCUT2D eigenvalue weighted by Crippen LogP contribution is 2.18. The molecular formula is C19H20N2O3. The van der Waals surface area contributed by atoms with Crippen LogP contribution in [0.15, 0.2) is 62.7 Å². The average molecular weight is 324 g/mol. The highest BCUT2D eigenvalue weighted by Gasteiger charge is 2.22. The van der Waals surface area contributed by atoms with Gasteiger partial charge in [-0.2, -0.15) is 0 Å². The van der Waals surface area contributed by atoms with E-state index in [1.165, 1.54) is 5.56 Å². The summed E-state index contributed by atoms with van der Waals surface area (Å²) < 4.78 is 5.22. The Morgan fingerprint density at radius 1 is 1.00 bits per heavy atom. The van der Waals surface area contributed by atoms with Crippen molar-refractivity contribution in [1.82, 2.24) is 0 Å². The third-order valence-corrected chi connectivity index (χ3v) is 4.03. The van der Waals surface area contributed by atoms with Crippen LogP contribution in [0.2, 0.25) is 0 Å². The lowest BCUT2D eigenvalue weighted by Gasteiger charge is -2.19. The monoisotopic (exact) mass is 324 g/mol. The van der Waals surface area contributed by atoms with Crippen molar-refractivity contribution >= 4 is 11.4 Å². The third kappa shape index (κ3) is 3.56. The maximum atomic E-state index is 11.8. The molecule has 2 N–H and O–H groups in total. The van der Waals surface area contributed by atoms with Crippen LogP contribution in [0.1, 0.15) is 24.7 Å². The van der Waals surface area contributed by atoms with Gasteiger partial charge < -0.3 is 15.1 Å². The number of hydrogen-bond acceptors (Lipinski definition) is 5. The molecule has 1 heterocycles. The Morgan fingerprint density at radius 3 is 2.46 bits per heavy atom. The zero-order valence-corrected chi connectivity index (χ0v) is 13.5. The van der Waals surface area contributed by atoms with Gasteiger partial charge in [-0.15, -0.1) is 0 Å². The molecule has 0 spiro atoms. The van der Waals surface area contributed by atoms with Gasteiger partial charge in [-0.05, 0) is 37.5 Å². The fourth-order valence-corrected chi connectivity index (χ4v) is 2.63. The van der Waals surface area contributed by atoms with Crippen LogP contribution < -0.4 is 21.5 Å². The van der Waals surface area contributed by atoms with Crippen LogP contribution in [0.4, 0.5) is 11.4 Å². The molecule has 0 bridgehead atoms. The Labute approximate surface area is 140 Å². The molecule has 3 aromatic rings. The van der Waals surface area contributed by atoms with Crippen molar-refractivity contribution in [3.05, 3.63) is 80.5 Å². The van der Waals surface area contributed by atoms with Gasteiger partial charge in [0.1, 0.15) is 17.1 Å². The number of rotatable bonds is 8. The van der Waals surface area contributed by atoms with E-state index in [0.29, 0.717) is 23.7 Å². The number of benzene rings is 1. The van der Waals surface area contributed by atoms with E-state index < -0.39 is 10.9 Å². The van der Waals surface area contributed by atoms with Crippen LogP contribution in [0, 0.1) is 0 Å². The first-order valence-corrected chi connectivity index (χ1v) is 8.05. The van der Waals surface area contributed by atoms with E-state index in [1.807, 2.05) is 31.2 Å². The van der Waals surface area contributed by atoms with Gasteiger partial charge in [0.05, 0.1) is 12.8 Å². The van der Waals surface area contributed by atoms with Crippen LogP contribution in [0.25, 0.3) is 0 Å². The number of furan rings is 1. The summed E-state index contributed by atoms with van der Waals surface area (Å²) in [6.45, 7) is 2.39. The summed E-state index contributed by atoms with van der Waals surface area (Å²) in [5.41, 5.74) is 1.06. The molecule has 0 saturated heterocycles. The Hall–Kier alpha value is -2.82. The van der Waals surface area contributed by atoms with E-state index in [2.05, 4.69) is 22.8 Å². The summed E-state index contributed by atoms with van der Waals surface area (Å²) in [4.78, 5) is 23.6. The van der Waals surface area contributed by atoms with Crippen molar-refractivity contribution in [2.24, 2.45) is 0 Å². The molecule has 2 aromatic carbocycles. The molecule has 24 heavy (non-hydrogen) atoms. The van der Waals surface area contributed by atoms with Gasteiger partial charge in [0, 0.05) is 6.04 Å². The molecule has 0 unspecified atom stereocenters. The second kappa shape index (κ2) is 7.17. The van der Waals surface area contributed by atoms with E-state index in [-0.39, 0.29) is 6.04 Å². The van der Waals surface area contributed by atoms with Crippen molar-refractivity contribution < 1.29 is 4.42 Å². The molecular weight excluding hydrogens is 304 g/mol. The first-order chi connectivity index (χ1) is 11.6. The fraction of sp³-hybridized carbons (Fsp3) is 0.263. The van der Waals surface area contributed by atoms with E-state index in [9.17, 15) is 9.59 Å². The first-order valence-electron chi connectivity index (χ1n) is 8.05. The largest absolute Gasteiger partial charge is 0.467 e. The maximum Gasteiger partial charge on any atom is 0.253 e.